The fourth-order valence-electron chi connectivity index (χ4n) is 2.62. The summed E-state index contributed by atoms with van der Waals surface area (Å²) >= 11 is 1.70. The molecule has 1 N–H and O–H groups in total. The summed E-state index contributed by atoms with van der Waals surface area (Å²) in [6, 6.07) is 19.2. The Bertz CT molecular complexity index is 1070. The number of phenolic OH excluding ortho intramolecular Hbond substituents is 1. The Hall–Kier alpha value is -2.12. The Kier molecular flexibility index (Phi) is 6.69. The standard InChI is InChI=1S/2C10H9NO.2Al.O/c2*1-7-5-6-8-3-2-4-9(12)10(8)11-7;;;/h2*2-6,12H,1H3;;;/q;;;+1;/p-1. The Morgan fingerprint density at radius 2 is 1.41 bits per heavy atom. The van der Waals surface area contributed by atoms with Gasteiger partial charge >= 0.3 is 32.5 Å². The van der Waals surface area contributed by atoms with E-state index in [1.807, 2.05) is 68.4 Å². The van der Waals surface area contributed by atoms with Crippen molar-refractivity contribution in [1.82, 2.24) is 9.97 Å². The summed E-state index contributed by atoms with van der Waals surface area (Å²) in [4.78, 5) is 8.68. The van der Waals surface area contributed by atoms with Gasteiger partial charge < -0.3 is 11.7 Å². The normalized spacial score (nSPS) is 10.3. The third kappa shape index (κ3) is 4.99. The SMILES string of the molecule is Cc1ccc2cccc(O)c2n1.Cc1ccc2cccc([O][Al][O][Al])c2n1. The van der Waals surface area contributed by atoms with Crippen molar-refractivity contribution in [1.29, 1.82) is 0 Å². The molecule has 2 aromatic heterocycles. The molecule has 7 heteroatoms. The number of nitrogens with zero attached hydrogens (tertiary/aromatic N) is 2. The van der Waals surface area contributed by atoms with Crippen LogP contribution in [0.15, 0.2) is 60.7 Å². The minimum Gasteiger partial charge on any atom is -0.626 e. The molecule has 4 aromatic rings. The predicted octanol–water partition coefficient (Wildman–Crippen LogP) is 3.81. The molecule has 2 heterocycles. The second-order valence-electron chi connectivity index (χ2n) is 5.93. The molecule has 0 atom stereocenters. The van der Waals surface area contributed by atoms with Gasteiger partial charge in [0.05, 0.1) is 0 Å². The summed E-state index contributed by atoms with van der Waals surface area (Å²) in [7, 11) is 0. The third-order valence-corrected chi connectivity index (χ3v) is 4.69. The van der Waals surface area contributed by atoms with Gasteiger partial charge in [-0.05, 0) is 38.1 Å². The predicted molar refractivity (Wildman–Crippen MR) is 108 cm³/mol. The zero-order valence-electron chi connectivity index (χ0n) is 15.1. The molecule has 0 unspecified atom stereocenters. The third-order valence-electron chi connectivity index (χ3n) is 3.89. The summed E-state index contributed by atoms with van der Waals surface area (Å²) in [5, 5.41) is 11.5. The lowest BCUT2D eigenvalue weighted by molar-refractivity contribution is 0.480. The summed E-state index contributed by atoms with van der Waals surface area (Å²) in [6.45, 7) is 3.88. The number of rotatable bonds is 3. The van der Waals surface area contributed by atoms with Crippen LogP contribution in [0.2, 0.25) is 0 Å². The van der Waals surface area contributed by atoms with Gasteiger partial charge in [-0.1, -0.05) is 36.4 Å². The molecule has 0 saturated heterocycles. The first kappa shape index (κ1) is 19.6. The fourth-order valence-corrected chi connectivity index (χ4v) is 3.14. The highest BCUT2D eigenvalue weighted by Crippen LogP contribution is 2.23. The van der Waals surface area contributed by atoms with Crippen LogP contribution in [0.1, 0.15) is 11.4 Å². The minimum absolute atomic E-state index is 0.246. The van der Waals surface area contributed by atoms with Crippen LogP contribution in [0.4, 0.5) is 0 Å². The molecule has 3 radical (unpaired) electrons. The Balaban J connectivity index is 0.000000159. The molecular weight excluding hydrogens is 370 g/mol. The topological polar surface area (TPSA) is 64.5 Å². The molecule has 4 rings (SSSR count). The van der Waals surface area contributed by atoms with E-state index >= 15 is 0 Å². The van der Waals surface area contributed by atoms with E-state index in [-0.39, 0.29) is 5.75 Å². The number of benzene rings is 2. The van der Waals surface area contributed by atoms with Crippen molar-refractivity contribution >= 4 is 54.3 Å². The lowest BCUT2D eigenvalue weighted by Gasteiger charge is -2.08. The van der Waals surface area contributed by atoms with Crippen LogP contribution < -0.4 is 3.79 Å². The second kappa shape index (κ2) is 9.19. The van der Waals surface area contributed by atoms with Gasteiger partial charge in [0.15, 0.2) is 0 Å². The van der Waals surface area contributed by atoms with Gasteiger partial charge in [0.25, 0.3) is 0 Å². The smallest absolute Gasteiger partial charge is 0.626 e. The average molecular weight is 387 g/mol. The first-order valence-corrected chi connectivity index (χ1v) is 9.75. The van der Waals surface area contributed by atoms with Crippen LogP contribution in [-0.4, -0.2) is 47.6 Å². The van der Waals surface area contributed by atoms with E-state index in [1.165, 1.54) is 0 Å². The zero-order valence-corrected chi connectivity index (χ0v) is 17.4. The molecule has 131 valence electrons. The van der Waals surface area contributed by atoms with Crippen molar-refractivity contribution in [3.8, 4) is 11.5 Å². The number of aromatic hydroxyl groups is 1. The van der Waals surface area contributed by atoms with E-state index in [9.17, 15) is 5.11 Å². The maximum atomic E-state index is 9.43. The van der Waals surface area contributed by atoms with E-state index in [1.54, 1.807) is 6.07 Å². The summed E-state index contributed by atoms with van der Waals surface area (Å²) in [5.74, 6) is 1.03. The number of para-hydroxylation sites is 2. The maximum absolute atomic E-state index is 9.43. The number of phenols is 1. The van der Waals surface area contributed by atoms with Crippen molar-refractivity contribution < 1.29 is 11.7 Å². The van der Waals surface area contributed by atoms with Crippen LogP contribution in [-0.2, 0) is 2.84 Å². The lowest BCUT2D eigenvalue weighted by atomic mass is 10.2. The lowest BCUT2D eigenvalue weighted by Crippen LogP contribution is -2.05. The van der Waals surface area contributed by atoms with Gasteiger partial charge in [-0.3, -0.25) is 0 Å². The number of hydrogen-bond donors (Lipinski definition) is 1. The Labute approximate surface area is 173 Å². The molecule has 0 aliphatic heterocycles. The highest BCUT2D eigenvalue weighted by Gasteiger charge is 2.04. The molecule has 0 aliphatic carbocycles. The number of fused-ring (bicyclic) bond motifs is 2. The van der Waals surface area contributed by atoms with Crippen LogP contribution >= 0.6 is 0 Å². The van der Waals surface area contributed by atoms with Crippen molar-refractivity contribution in [2.75, 3.05) is 0 Å². The molecule has 0 amide bonds. The highest BCUT2D eigenvalue weighted by atomic mass is 27.2. The molecule has 0 spiro atoms. The summed E-state index contributed by atoms with van der Waals surface area (Å²) in [5.41, 5.74) is 3.48. The van der Waals surface area contributed by atoms with Crippen molar-refractivity contribution in [3.05, 3.63) is 72.1 Å². The monoisotopic (exact) mass is 387 g/mol. The minimum atomic E-state index is -0.489. The Morgan fingerprint density at radius 3 is 2.07 bits per heavy atom. The molecule has 5 nitrogen and oxygen atoms in total. The van der Waals surface area contributed by atoms with Crippen LogP contribution in [0, 0.1) is 13.8 Å². The van der Waals surface area contributed by atoms with Crippen LogP contribution in [0.3, 0.4) is 0 Å². The second-order valence-corrected chi connectivity index (χ2v) is 7.45. The molecule has 0 saturated carbocycles. The van der Waals surface area contributed by atoms with Crippen molar-refractivity contribution in [2.45, 2.75) is 13.8 Å². The van der Waals surface area contributed by atoms with Gasteiger partial charge in [0.1, 0.15) is 22.5 Å². The molecule has 27 heavy (non-hydrogen) atoms. The van der Waals surface area contributed by atoms with Gasteiger partial charge in [-0.15, -0.1) is 0 Å². The highest BCUT2D eigenvalue weighted by molar-refractivity contribution is 6.28. The molecule has 0 bridgehead atoms. The van der Waals surface area contributed by atoms with E-state index in [0.717, 1.165) is 33.4 Å². The van der Waals surface area contributed by atoms with Gasteiger partial charge in [-0.2, -0.15) is 0 Å². The molecule has 0 aliphatic rings. The van der Waals surface area contributed by atoms with E-state index in [4.69, 9.17) is 6.63 Å². The van der Waals surface area contributed by atoms with E-state index in [0.29, 0.717) is 5.52 Å². The first-order chi connectivity index (χ1) is 13.1. The van der Waals surface area contributed by atoms with Gasteiger partial charge in [0.2, 0.25) is 0 Å². The number of hydrogen-bond acceptors (Lipinski definition) is 5. The molecule has 2 aromatic carbocycles. The van der Waals surface area contributed by atoms with Gasteiger partial charge in [0, 0.05) is 22.2 Å². The summed E-state index contributed by atoms with van der Waals surface area (Å²) in [6.07, 6.45) is 0. The average Bonchev–Trinajstić information content (AvgIpc) is 2.67. The largest absolute Gasteiger partial charge is 0.740 e. The number of aromatic nitrogens is 2. The molecular formula is C20H17Al2N2O3. The number of pyridine rings is 2. The van der Waals surface area contributed by atoms with Gasteiger partial charge in [-0.25, -0.2) is 9.97 Å². The van der Waals surface area contributed by atoms with Crippen molar-refractivity contribution in [3.63, 3.8) is 0 Å². The van der Waals surface area contributed by atoms with Crippen LogP contribution in [0.25, 0.3) is 21.8 Å². The maximum Gasteiger partial charge on any atom is 0.740 e. The quantitative estimate of drug-likeness (QED) is 0.542. The Morgan fingerprint density at radius 1 is 0.815 bits per heavy atom. The number of aryl methyl sites for hydroxylation is 2. The fraction of sp³-hybridized carbons (Fsp3) is 0.100. The van der Waals surface area contributed by atoms with E-state index < -0.39 is 15.9 Å². The van der Waals surface area contributed by atoms with Crippen molar-refractivity contribution in [2.24, 2.45) is 0 Å². The summed E-state index contributed by atoms with van der Waals surface area (Å²) < 4.78 is 10.4. The first-order valence-electron chi connectivity index (χ1n) is 8.34. The zero-order chi connectivity index (χ0) is 19.2. The van der Waals surface area contributed by atoms with Crippen LogP contribution in [0.5, 0.6) is 11.5 Å². The van der Waals surface area contributed by atoms with E-state index in [2.05, 4.69) is 26.6 Å². The molecule has 0 fully saturated rings.